The second-order valence-electron chi connectivity index (χ2n) is 5.80. The third kappa shape index (κ3) is 6.06. The number of halogens is 1. The van der Waals surface area contributed by atoms with Gasteiger partial charge in [0.15, 0.2) is 0 Å². The van der Waals surface area contributed by atoms with E-state index in [9.17, 15) is 24.8 Å². The van der Waals surface area contributed by atoms with E-state index < -0.39 is 10.8 Å². The molecule has 0 aliphatic rings. The zero-order chi connectivity index (χ0) is 20.7. The number of nitro benzene ring substituents is 1. The number of hydrazone groups is 1. The van der Waals surface area contributed by atoms with Crippen LogP contribution < -0.4 is 10.7 Å². The number of carbonyl (C=O) groups excluding carboxylic acids is 2. The van der Waals surface area contributed by atoms with Crippen molar-refractivity contribution in [3.63, 3.8) is 0 Å². The van der Waals surface area contributed by atoms with E-state index in [-0.39, 0.29) is 35.7 Å². The van der Waals surface area contributed by atoms with Gasteiger partial charge >= 0.3 is 0 Å². The molecule has 3 N–H and O–H groups in total. The average molecular weight is 405 g/mol. The molecule has 0 unspecified atom stereocenters. The van der Waals surface area contributed by atoms with Gasteiger partial charge in [-0.25, -0.2) is 5.43 Å². The summed E-state index contributed by atoms with van der Waals surface area (Å²) in [6, 6.07) is 8.45. The number of benzene rings is 2. The first-order valence-electron chi connectivity index (χ1n) is 8.11. The lowest BCUT2D eigenvalue weighted by molar-refractivity contribution is -0.384. The first-order valence-corrected chi connectivity index (χ1v) is 8.49. The van der Waals surface area contributed by atoms with Crippen molar-refractivity contribution in [2.45, 2.75) is 19.8 Å². The number of phenols is 1. The highest BCUT2D eigenvalue weighted by Gasteiger charge is 2.10. The second kappa shape index (κ2) is 9.47. The summed E-state index contributed by atoms with van der Waals surface area (Å²) in [5, 5.41) is 27.3. The minimum absolute atomic E-state index is 0.0640. The largest absolute Gasteiger partial charge is 0.507 e. The molecule has 0 aliphatic heterocycles. The van der Waals surface area contributed by atoms with Gasteiger partial charge in [-0.1, -0.05) is 11.6 Å². The van der Waals surface area contributed by atoms with E-state index in [1.165, 1.54) is 0 Å². The molecule has 0 radical (unpaired) electrons. The SMILES string of the molecule is Cc1cc(Cl)ccc1NC(=O)CCC(=O)N/N=C\c1cc([N+](=O)[O-])ccc1O. The average Bonchev–Trinajstić information content (AvgIpc) is 2.63. The van der Waals surface area contributed by atoms with E-state index in [0.717, 1.165) is 30.0 Å². The topological polar surface area (TPSA) is 134 Å². The molecule has 2 rings (SSSR count). The summed E-state index contributed by atoms with van der Waals surface area (Å²) in [6.07, 6.45) is 0.902. The lowest BCUT2D eigenvalue weighted by atomic mass is 10.2. The Bertz CT molecular complexity index is 946. The van der Waals surface area contributed by atoms with E-state index in [1.54, 1.807) is 25.1 Å². The molecule has 2 aromatic carbocycles. The van der Waals surface area contributed by atoms with Crippen LogP contribution in [-0.4, -0.2) is 28.1 Å². The summed E-state index contributed by atoms with van der Waals surface area (Å²) in [5.74, 6) is -1.09. The number of aromatic hydroxyl groups is 1. The third-order valence-electron chi connectivity index (χ3n) is 3.66. The summed E-state index contributed by atoms with van der Waals surface area (Å²) in [4.78, 5) is 33.8. The van der Waals surface area contributed by atoms with Crippen LogP contribution in [0.3, 0.4) is 0 Å². The van der Waals surface area contributed by atoms with Crippen molar-refractivity contribution in [1.29, 1.82) is 0 Å². The molecule has 2 amide bonds. The molecular formula is C18H17ClN4O5. The van der Waals surface area contributed by atoms with Gasteiger partial charge in [0.05, 0.1) is 11.1 Å². The van der Waals surface area contributed by atoms with Crippen molar-refractivity contribution >= 4 is 41.0 Å². The fourth-order valence-electron chi connectivity index (χ4n) is 2.20. The highest BCUT2D eigenvalue weighted by Crippen LogP contribution is 2.21. The molecular weight excluding hydrogens is 388 g/mol. The van der Waals surface area contributed by atoms with Gasteiger partial charge in [0, 0.05) is 41.2 Å². The lowest BCUT2D eigenvalue weighted by Gasteiger charge is -2.08. The minimum atomic E-state index is -0.615. The maximum atomic E-state index is 11.9. The van der Waals surface area contributed by atoms with Gasteiger partial charge in [0.1, 0.15) is 5.75 Å². The third-order valence-corrected chi connectivity index (χ3v) is 3.89. The highest BCUT2D eigenvalue weighted by atomic mass is 35.5. The zero-order valence-corrected chi connectivity index (χ0v) is 15.6. The van der Waals surface area contributed by atoms with Crippen LogP contribution in [0.25, 0.3) is 0 Å². The smallest absolute Gasteiger partial charge is 0.270 e. The maximum absolute atomic E-state index is 11.9. The van der Waals surface area contributed by atoms with Crippen LogP contribution >= 0.6 is 11.6 Å². The van der Waals surface area contributed by atoms with Crippen LogP contribution in [0.2, 0.25) is 5.02 Å². The Labute approximate surface area is 165 Å². The molecule has 0 fully saturated rings. The van der Waals surface area contributed by atoms with Gasteiger partial charge in [-0.15, -0.1) is 0 Å². The van der Waals surface area contributed by atoms with Crippen LogP contribution in [0.5, 0.6) is 5.75 Å². The summed E-state index contributed by atoms with van der Waals surface area (Å²) in [6.45, 7) is 1.80. The van der Waals surface area contributed by atoms with Gasteiger partial charge < -0.3 is 10.4 Å². The van der Waals surface area contributed by atoms with Crippen molar-refractivity contribution in [2.24, 2.45) is 5.10 Å². The predicted molar refractivity (Wildman–Crippen MR) is 105 cm³/mol. The number of hydrogen-bond acceptors (Lipinski definition) is 6. The maximum Gasteiger partial charge on any atom is 0.270 e. The molecule has 0 aromatic heterocycles. The molecule has 28 heavy (non-hydrogen) atoms. The van der Waals surface area contributed by atoms with Crippen molar-refractivity contribution in [3.8, 4) is 5.75 Å². The van der Waals surface area contributed by atoms with Gasteiger partial charge in [-0.05, 0) is 36.8 Å². The van der Waals surface area contributed by atoms with Gasteiger partial charge in [-0.3, -0.25) is 19.7 Å². The number of phenolic OH excluding ortho intramolecular Hbond substituents is 1. The number of anilines is 1. The summed E-state index contributed by atoms with van der Waals surface area (Å²) in [7, 11) is 0. The first kappa shape index (κ1) is 20.8. The van der Waals surface area contributed by atoms with Crippen LogP contribution in [0.15, 0.2) is 41.5 Å². The van der Waals surface area contributed by atoms with E-state index in [4.69, 9.17) is 11.6 Å². The zero-order valence-electron chi connectivity index (χ0n) is 14.8. The number of amides is 2. The van der Waals surface area contributed by atoms with Crippen molar-refractivity contribution in [1.82, 2.24) is 5.43 Å². The molecule has 0 atom stereocenters. The van der Waals surface area contributed by atoms with E-state index in [1.807, 2.05) is 0 Å². The number of nitrogens with zero attached hydrogens (tertiary/aromatic N) is 2. The van der Waals surface area contributed by atoms with E-state index in [0.29, 0.717) is 10.7 Å². The van der Waals surface area contributed by atoms with E-state index in [2.05, 4.69) is 15.8 Å². The number of rotatable bonds is 7. The van der Waals surface area contributed by atoms with Gasteiger partial charge in [0.2, 0.25) is 11.8 Å². The summed E-state index contributed by atoms with van der Waals surface area (Å²) < 4.78 is 0. The monoisotopic (exact) mass is 404 g/mol. The Balaban J connectivity index is 1.84. The normalized spacial score (nSPS) is 10.6. The first-order chi connectivity index (χ1) is 13.3. The molecule has 0 aliphatic carbocycles. The Morgan fingerprint density at radius 3 is 2.61 bits per heavy atom. The summed E-state index contributed by atoms with van der Waals surface area (Å²) in [5.41, 5.74) is 3.45. The number of nitrogens with one attached hydrogen (secondary N) is 2. The fourth-order valence-corrected chi connectivity index (χ4v) is 2.42. The summed E-state index contributed by atoms with van der Waals surface area (Å²) >= 11 is 5.85. The molecule has 2 aromatic rings. The van der Waals surface area contributed by atoms with Crippen LogP contribution in [0, 0.1) is 17.0 Å². The quantitative estimate of drug-likeness (QED) is 0.370. The molecule has 0 heterocycles. The van der Waals surface area contributed by atoms with Crippen molar-refractivity contribution < 1.29 is 19.6 Å². The molecule has 9 nitrogen and oxygen atoms in total. The van der Waals surface area contributed by atoms with Crippen LogP contribution in [0.1, 0.15) is 24.0 Å². The van der Waals surface area contributed by atoms with Gasteiger partial charge in [-0.2, -0.15) is 5.10 Å². The van der Waals surface area contributed by atoms with Crippen molar-refractivity contribution in [2.75, 3.05) is 5.32 Å². The molecule has 10 heteroatoms. The molecule has 0 bridgehead atoms. The standard InChI is InChI=1S/C18H17ClN4O5/c1-11-8-13(19)2-4-15(11)21-17(25)6-7-18(26)22-20-10-12-9-14(23(27)28)3-5-16(12)24/h2-5,8-10,24H,6-7H2,1H3,(H,21,25)(H,22,26)/b20-10-. The number of non-ortho nitro benzene ring substituents is 1. The molecule has 0 spiro atoms. The highest BCUT2D eigenvalue weighted by molar-refractivity contribution is 6.30. The predicted octanol–water partition coefficient (Wildman–Crippen LogP) is 3.13. The van der Waals surface area contributed by atoms with Crippen LogP contribution in [-0.2, 0) is 9.59 Å². The lowest BCUT2D eigenvalue weighted by Crippen LogP contribution is -2.20. The number of carbonyl (C=O) groups is 2. The molecule has 0 saturated heterocycles. The van der Waals surface area contributed by atoms with E-state index >= 15 is 0 Å². The Morgan fingerprint density at radius 2 is 1.93 bits per heavy atom. The molecule has 146 valence electrons. The van der Waals surface area contributed by atoms with Gasteiger partial charge in [0.25, 0.3) is 5.69 Å². The number of aryl methyl sites for hydroxylation is 1. The second-order valence-corrected chi connectivity index (χ2v) is 6.24. The fraction of sp³-hybridized carbons (Fsp3) is 0.167. The Kier molecular flexibility index (Phi) is 7.05. The minimum Gasteiger partial charge on any atom is -0.507 e. The Morgan fingerprint density at radius 1 is 1.21 bits per heavy atom. The number of hydrogen-bond donors (Lipinski definition) is 3. The number of nitro groups is 1. The molecule has 0 saturated carbocycles. The Hall–Kier alpha value is -3.46. The van der Waals surface area contributed by atoms with Crippen molar-refractivity contribution in [3.05, 3.63) is 62.7 Å². The van der Waals surface area contributed by atoms with Crippen LogP contribution in [0.4, 0.5) is 11.4 Å².